The van der Waals surface area contributed by atoms with Crippen LogP contribution in [0.3, 0.4) is 0 Å². The van der Waals surface area contributed by atoms with E-state index in [4.69, 9.17) is 30.0 Å². The Kier molecular flexibility index (Phi) is 7.60. The van der Waals surface area contributed by atoms with Gasteiger partial charge in [-0.1, -0.05) is 0 Å². The number of Topliss-reactive ketones (excluding diaryl/α,β-unsaturated/α-hetero) is 1. The lowest BCUT2D eigenvalue weighted by Crippen LogP contribution is -2.45. The summed E-state index contributed by atoms with van der Waals surface area (Å²) in [5.41, 5.74) is 0. The molecule has 7 N–H and O–H groups in total. The molecule has 0 aromatic rings. The van der Waals surface area contributed by atoms with Gasteiger partial charge in [0.1, 0.15) is 24.9 Å². The Morgan fingerprint density at radius 3 is 2.00 bits per heavy atom. The molecule has 0 aromatic heterocycles. The van der Waals surface area contributed by atoms with Crippen LogP contribution in [0.4, 0.5) is 0 Å². The molecule has 20 heavy (non-hydrogen) atoms. The second-order valence-electron chi connectivity index (χ2n) is 3.47. The van der Waals surface area contributed by atoms with Crippen molar-refractivity contribution in [1.82, 2.24) is 0 Å². The zero-order chi connectivity index (χ0) is 16.1. The molecule has 0 aliphatic carbocycles. The molecule has 0 aromatic carbocycles. The number of phosphoric acid groups is 2. The van der Waals surface area contributed by atoms with Crippen molar-refractivity contribution in [1.29, 1.82) is 0 Å². The largest absolute Gasteiger partial charge is 0.481 e. The van der Waals surface area contributed by atoms with E-state index in [0.29, 0.717) is 0 Å². The monoisotopic (exact) mass is 340 g/mol. The zero-order valence-corrected chi connectivity index (χ0v) is 11.5. The smallest absolute Gasteiger partial charge is 0.394 e. The molecule has 0 spiro atoms. The van der Waals surface area contributed by atoms with Crippen LogP contribution < -0.4 is 0 Å². The molecule has 0 radical (unpaired) electrons. The summed E-state index contributed by atoms with van der Waals surface area (Å²) in [6, 6.07) is 0. The molecular weight excluding hydrogens is 326 g/mol. The molecule has 4 atom stereocenters. The average Bonchev–Trinajstić information content (AvgIpc) is 2.30. The second-order valence-corrected chi connectivity index (χ2v) is 6.30. The van der Waals surface area contributed by atoms with Gasteiger partial charge in [0, 0.05) is 0 Å². The van der Waals surface area contributed by atoms with Crippen molar-refractivity contribution in [3.05, 3.63) is 0 Å². The summed E-state index contributed by atoms with van der Waals surface area (Å²) in [4.78, 5) is 36.5. The minimum Gasteiger partial charge on any atom is -0.394 e. The molecule has 0 aliphatic rings. The maximum atomic E-state index is 11.2. The maximum absolute atomic E-state index is 11.2. The van der Waals surface area contributed by atoms with Gasteiger partial charge in [-0.05, 0) is 0 Å². The quantitative estimate of drug-likeness (QED) is 0.207. The Bertz CT molecular complexity index is 416. The molecule has 0 fully saturated rings. The Balaban J connectivity index is 4.49. The number of aliphatic hydroxyl groups excluding tert-OH is 4. The maximum Gasteiger partial charge on any atom is 0.481 e. The number of phosphoric ester groups is 1. The van der Waals surface area contributed by atoms with Crippen molar-refractivity contribution >= 4 is 21.4 Å². The highest BCUT2D eigenvalue weighted by Crippen LogP contribution is 2.57. The fourth-order valence-corrected chi connectivity index (χ4v) is 2.45. The van der Waals surface area contributed by atoms with E-state index in [0.717, 1.165) is 0 Å². The summed E-state index contributed by atoms with van der Waals surface area (Å²) in [7, 11) is -10.6. The van der Waals surface area contributed by atoms with Crippen molar-refractivity contribution in [2.45, 2.75) is 18.3 Å². The summed E-state index contributed by atoms with van der Waals surface area (Å²) in [6.45, 7) is -2.31. The van der Waals surface area contributed by atoms with Gasteiger partial charge in [-0.3, -0.25) is 9.32 Å². The molecule has 12 nitrogen and oxygen atoms in total. The first kappa shape index (κ1) is 19.8. The van der Waals surface area contributed by atoms with E-state index in [9.17, 15) is 19.0 Å². The standard InChI is InChI=1S/C6H14O12P2/c7-1-3(8)5(10)6(11)4(9)2-17-20(15,16)18-19(12,13)14/h3,5-8,10-11H,1-2H2,(H,15,16)(H2,12,13,14)/t3-,5-,6-/m1/s1. The minimum atomic E-state index is -5.34. The number of ketones is 1. The summed E-state index contributed by atoms with van der Waals surface area (Å²) in [5, 5.41) is 35.8. The minimum absolute atomic E-state index is 0.966. The van der Waals surface area contributed by atoms with Crippen molar-refractivity contribution in [3.63, 3.8) is 0 Å². The van der Waals surface area contributed by atoms with Crippen molar-refractivity contribution < 1.29 is 57.9 Å². The van der Waals surface area contributed by atoms with Gasteiger partial charge in [-0.2, -0.15) is 4.31 Å². The zero-order valence-electron chi connectivity index (χ0n) is 9.71. The van der Waals surface area contributed by atoms with Crippen molar-refractivity contribution in [2.75, 3.05) is 13.2 Å². The van der Waals surface area contributed by atoms with Crippen LogP contribution in [0.5, 0.6) is 0 Å². The first-order chi connectivity index (χ1) is 8.89. The summed E-state index contributed by atoms with van der Waals surface area (Å²) >= 11 is 0. The third-order valence-corrected chi connectivity index (χ3v) is 3.95. The Morgan fingerprint density at radius 2 is 1.60 bits per heavy atom. The van der Waals surface area contributed by atoms with Crippen LogP contribution in [0.15, 0.2) is 0 Å². The van der Waals surface area contributed by atoms with E-state index < -0.39 is 53.0 Å². The van der Waals surface area contributed by atoms with Crippen LogP contribution in [0, 0.1) is 0 Å². The normalized spacial score (nSPS) is 19.9. The van der Waals surface area contributed by atoms with Gasteiger partial charge in [0.05, 0.1) is 6.61 Å². The van der Waals surface area contributed by atoms with Gasteiger partial charge >= 0.3 is 15.6 Å². The highest BCUT2D eigenvalue weighted by atomic mass is 31.3. The first-order valence-corrected chi connectivity index (χ1v) is 7.84. The predicted molar refractivity (Wildman–Crippen MR) is 59.0 cm³/mol. The van der Waals surface area contributed by atoms with Crippen molar-refractivity contribution in [2.24, 2.45) is 0 Å². The lowest BCUT2D eigenvalue weighted by molar-refractivity contribution is -0.142. The Labute approximate surface area is 112 Å². The molecule has 0 bridgehead atoms. The highest BCUT2D eigenvalue weighted by Gasteiger charge is 2.35. The van der Waals surface area contributed by atoms with E-state index in [-0.39, 0.29) is 0 Å². The summed E-state index contributed by atoms with van der Waals surface area (Å²) < 4.78 is 28.5. The van der Waals surface area contributed by atoms with Gasteiger partial charge in [0.2, 0.25) is 0 Å². The van der Waals surface area contributed by atoms with Crippen LogP contribution >= 0.6 is 15.6 Å². The van der Waals surface area contributed by atoms with E-state index >= 15 is 0 Å². The molecule has 14 heteroatoms. The third kappa shape index (κ3) is 7.53. The number of rotatable bonds is 9. The summed E-state index contributed by atoms with van der Waals surface area (Å²) in [5.74, 6) is -1.39. The number of carbonyl (C=O) groups excluding carboxylic acids is 1. The molecule has 1 unspecified atom stereocenters. The van der Waals surface area contributed by atoms with Gasteiger partial charge in [-0.25, -0.2) is 9.13 Å². The number of carbonyl (C=O) groups is 1. The predicted octanol–water partition coefficient (Wildman–Crippen LogP) is -3.14. The average molecular weight is 340 g/mol. The van der Waals surface area contributed by atoms with E-state index in [1.165, 1.54) is 0 Å². The summed E-state index contributed by atoms with van der Waals surface area (Å²) in [6.07, 6.45) is -6.19. The van der Waals surface area contributed by atoms with Crippen LogP contribution in [0.2, 0.25) is 0 Å². The number of hydrogen-bond donors (Lipinski definition) is 7. The van der Waals surface area contributed by atoms with Crippen LogP contribution in [-0.2, 0) is 22.8 Å². The molecule has 0 amide bonds. The van der Waals surface area contributed by atoms with Gasteiger partial charge < -0.3 is 35.1 Å². The molecular formula is C6H14O12P2. The van der Waals surface area contributed by atoms with Gasteiger partial charge in [0.15, 0.2) is 5.78 Å². The van der Waals surface area contributed by atoms with Crippen LogP contribution in [0.1, 0.15) is 0 Å². The van der Waals surface area contributed by atoms with Crippen LogP contribution in [-0.4, -0.2) is 72.4 Å². The fourth-order valence-electron chi connectivity index (χ4n) is 0.897. The van der Waals surface area contributed by atoms with Crippen LogP contribution in [0.25, 0.3) is 0 Å². The number of hydrogen-bond acceptors (Lipinski definition) is 9. The molecule has 0 heterocycles. The second kappa shape index (κ2) is 7.69. The van der Waals surface area contributed by atoms with Gasteiger partial charge in [-0.15, -0.1) is 0 Å². The lowest BCUT2D eigenvalue weighted by atomic mass is 10.1. The van der Waals surface area contributed by atoms with E-state index in [1.807, 2.05) is 0 Å². The van der Waals surface area contributed by atoms with Gasteiger partial charge in [0.25, 0.3) is 0 Å². The van der Waals surface area contributed by atoms with E-state index in [2.05, 4.69) is 8.83 Å². The Morgan fingerprint density at radius 1 is 1.10 bits per heavy atom. The fraction of sp³-hybridized carbons (Fsp3) is 0.833. The van der Waals surface area contributed by atoms with Crippen molar-refractivity contribution in [3.8, 4) is 0 Å². The topological polar surface area (TPSA) is 211 Å². The SMILES string of the molecule is O=C(COP(=O)(O)OP(=O)(O)O)[C@@H](O)[C@H](O)[C@H](O)CO. The molecule has 120 valence electrons. The molecule has 0 aliphatic heterocycles. The first-order valence-electron chi connectivity index (χ1n) is 4.81. The van der Waals surface area contributed by atoms with E-state index in [1.54, 1.807) is 0 Å². The molecule has 0 rings (SSSR count). The molecule has 0 saturated heterocycles. The molecule has 0 saturated carbocycles. The number of aliphatic hydroxyl groups is 4. The third-order valence-electron chi connectivity index (χ3n) is 1.81. The highest BCUT2D eigenvalue weighted by molar-refractivity contribution is 7.60. The lowest BCUT2D eigenvalue weighted by Gasteiger charge is -2.20. The Hall–Kier alpha value is -0.230.